The number of benzene rings is 6. The number of carbonyl (C=O) groups is 4. The molecule has 4 atom stereocenters. The standard InChI is InChI=1S/C30H31ClFN3O2.C16H24N2.C14H8Cl2FNO2/c1-34(2)27-8-5-15-30(27)16-17-35(26-7-4-3-6-21(26)19-30)29(37)20-9-12-23(13-10-20)33-28(36)24-18-22(32)11-14-25(24)31;1-18(2)15-8-5-9-16(15)10-11-17-14-7-4-3-6-13(14)12-16;15-12-6-3-9(17)7-11(12)14(20)18-10-4-1-8(2-5-10)13(16)19/h3-4,6-7,9-14,18,27H,5,8,15-17,19H2,1-2H3,(H,33,36);3-4,6-7,15,17H,5,8-12H2,1-2H3;1-7H,(H,18,20). The lowest BCUT2D eigenvalue weighted by atomic mass is 9.74. The van der Waals surface area contributed by atoms with Crippen molar-refractivity contribution in [1.29, 1.82) is 0 Å². The van der Waals surface area contributed by atoms with Gasteiger partial charge in [-0.15, -0.1) is 0 Å². The van der Waals surface area contributed by atoms with E-state index in [1.54, 1.807) is 24.3 Å². The van der Waals surface area contributed by atoms with E-state index in [2.05, 4.69) is 90.3 Å². The lowest BCUT2D eigenvalue weighted by Gasteiger charge is -2.39. The summed E-state index contributed by atoms with van der Waals surface area (Å²) in [5, 5.41) is 8.62. The fraction of sp³-hybridized carbons (Fsp3) is 0.333. The van der Waals surface area contributed by atoms with Crippen molar-refractivity contribution in [1.82, 2.24) is 9.80 Å². The van der Waals surface area contributed by atoms with Gasteiger partial charge in [0.1, 0.15) is 11.6 Å². The Morgan fingerprint density at radius 1 is 0.600 bits per heavy atom. The van der Waals surface area contributed by atoms with Crippen LogP contribution in [0.4, 0.5) is 31.5 Å². The van der Waals surface area contributed by atoms with Crippen LogP contribution < -0.4 is 20.9 Å². The highest BCUT2D eigenvalue weighted by Gasteiger charge is 2.47. The maximum atomic E-state index is 13.7. The first-order valence-electron chi connectivity index (χ1n) is 25.4. The van der Waals surface area contributed by atoms with Crippen LogP contribution in [-0.4, -0.2) is 86.1 Å². The predicted molar refractivity (Wildman–Crippen MR) is 299 cm³/mol. The molecule has 6 aromatic carbocycles. The van der Waals surface area contributed by atoms with Crippen molar-refractivity contribution in [2.24, 2.45) is 10.8 Å². The molecule has 15 heteroatoms. The molecule has 0 saturated heterocycles. The van der Waals surface area contributed by atoms with Crippen LogP contribution in [-0.2, 0) is 12.8 Å². The summed E-state index contributed by atoms with van der Waals surface area (Å²) >= 11 is 17.2. The highest BCUT2D eigenvalue weighted by molar-refractivity contribution is 6.67. The van der Waals surface area contributed by atoms with Crippen molar-refractivity contribution >= 4 is 80.5 Å². The molecule has 4 aliphatic rings. The number of nitrogens with zero attached hydrogens (tertiary/aromatic N) is 3. The fourth-order valence-electron chi connectivity index (χ4n) is 11.9. The van der Waals surface area contributed by atoms with Gasteiger partial charge in [0.2, 0.25) is 0 Å². The van der Waals surface area contributed by atoms with Crippen molar-refractivity contribution in [3.05, 3.63) is 189 Å². The van der Waals surface area contributed by atoms with Crippen molar-refractivity contribution in [2.45, 2.75) is 76.3 Å². The summed E-state index contributed by atoms with van der Waals surface area (Å²) in [6.45, 7) is 1.79. The Labute approximate surface area is 453 Å². The highest BCUT2D eigenvalue weighted by Crippen LogP contribution is 2.50. The Hall–Kier alpha value is -6.15. The van der Waals surface area contributed by atoms with Crippen molar-refractivity contribution in [2.75, 3.05) is 62.1 Å². The Balaban J connectivity index is 0.000000165. The van der Waals surface area contributed by atoms with Crippen LogP contribution in [0.2, 0.25) is 10.0 Å². The number of rotatable bonds is 8. The second kappa shape index (κ2) is 24.2. The summed E-state index contributed by atoms with van der Waals surface area (Å²) in [6, 6.07) is 38.3. The smallest absolute Gasteiger partial charge is 0.258 e. The summed E-state index contributed by atoms with van der Waals surface area (Å²) in [5.74, 6) is -2.20. The van der Waals surface area contributed by atoms with Gasteiger partial charge in [0.15, 0.2) is 0 Å². The highest BCUT2D eigenvalue weighted by atomic mass is 35.5. The van der Waals surface area contributed by atoms with Gasteiger partial charge < -0.3 is 30.7 Å². The van der Waals surface area contributed by atoms with Gasteiger partial charge in [-0.05, 0) is 210 Å². The number of carbonyl (C=O) groups excluding carboxylic acids is 4. The lowest BCUT2D eigenvalue weighted by molar-refractivity contribution is 0.0970. The molecule has 392 valence electrons. The minimum absolute atomic E-state index is 0.0316. The topological polar surface area (TPSA) is 114 Å². The average molecular weight is 1080 g/mol. The Bertz CT molecular complexity index is 3030. The number of amides is 3. The van der Waals surface area contributed by atoms with E-state index < -0.39 is 28.7 Å². The molecule has 0 bridgehead atoms. The van der Waals surface area contributed by atoms with Crippen LogP contribution in [0.5, 0.6) is 0 Å². The van der Waals surface area contributed by atoms with Gasteiger partial charge in [0.05, 0.1) is 21.2 Å². The number of fused-ring (bicyclic) bond motifs is 2. The van der Waals surface area contributed by atoms with Gasteiger partial charge in [0.25, 0.3) is 23.0 Å². The van der Waals surface area contributed by atoms with Gasteiger partial charge in [-0.3, -0.25) is 19.2 Å². The maximum Gasteiger partial charge on any atom is 0.258 e. The normalized spacial score (nSPS) is 20.6. The molecule has 10 rings (SSSR count). The third-order valence-corrected chi connectivity index (χ3v) is 16.3. The zero-order valence-corrected chi connectivity index (χ0v) is 45.0. The number of hydrogen-bond acceptors (Lipinski definition) is 7. The van der Waals surface area contributed by atoms with E-state index in [0.717, 1.165) is 43.2 Å². The Kier molecular flexibility index (Phi) is 17.8. The summed E-state index contributed by atoms with van der Waals surface area (Å²) in [5.41, 5.74) is 7.63. The first-order valence-corrected chi connectivity index (χ1v) is 26.6. The van der Waals surface area contributed by atoms with Crippen LogP contribution in [0, 0.1) is 22.5 Å². The van der Waals surface area contributed by atoms with Crippen molar-refractivity contribution < 1.29 is 28.0 Å². The van der Waals surface area contributed by atoms with E-state index in [1.165, 1.54) is 117 Å². The van der Waals surface area contributed by atoms with Crippen LogP contribution in [0.15, 0.2) is 133 Å². The molecule has 2 fully saturated rings. The Morgan fingerprint density at radius 3 is 1.61 bits per heavy atom. The van der Waals surface area contributed by atoms with E-state index >= 15 is 0 Å². The van der Waals surface area contributed by atoms with Gasteiger partial charge in [-0.2, -0.15) is 0 Å². The van der Waals surface area contributed by atoms with E-state index in [9.17, 15) is 28.0 Å². The fourth-order valence-corrected chi connectivity index (χ4v) is 12.5. The van der Waals surface area contributed by atoms with Gasteiger partial charge in [-0.1, -0.05) is 72.4 Å². The molecule has 75 heavy (non-hydrogen) atoms. The quantitative estimate of drug-likeness (QED) is 0.130. The lowest BCUT2D eigenvalue weighted by Crippen LogP contribution is -2.43. The third kappa shape index (κ3) is 12.9. The SMILES string of the molecule is CN(C)C1CCCC12CCN(C(=O)c1ccc(NC(=O)c3cc(F)ccc3Cl)cc1)c1ccccc1C2.CN(C)C1CCCC12CCNc1ccccc1C2.O=C(Cl)c1ccc(NC(=O)c2cc(F)ccc2Cl)cc1. The molecule has 4 unspecified atom stereocenters. The molecule has 2 saturated carbocycles. The second-order valence-electron chi connectivity index (χ2n) is 20.6. The molecule has 6 aromatic rings. The van der Waals surface area contributed by atoms with E-state index in [4.69, 9.17) is 34.8 Å². The molecule has 2 spiro atoms. The first kappa shape index (κ1) is 55.1. The molecule has 2 aliphatic heterocycles. The number of hydrogen-bond donors (Lipinski definition) is 3. The summed E-state index contributed by atoms with van der Waals surface area (Å²) < 4.78 is 26.7. The molecule has 0 radical (unpaired) electrons. The summed E-state index contributed by atoms with van der Waals surface area (Å²) in [7, 11) is 8.84. The minimum Gasteiger partial charge on any atom is -0.385 e. The van der Waals surface area contributed by atoms with Crippen molar-refractivity contribution in [3.8, 4) is 0 Å². The predicted octanol–water partition coefficient (Wildman–Crippen LogP) is 13.7. The monoisotopic (exact) mass is 1070 g/mol. The first-order chi connectivity index (χ1) is 36.0. The van der Waals surface area contributed by atoms with Crippen LogP contribution in [0.25, 0.3) is 0 Å². The molecular weight excluding hydrogens is 1010 g/mol. The molecule has 2 aliphatic carbocycles. The van der Waals surface area contributed by atoms with Crippen LogP contribution >= 0.6 is 34.8 Å². The van der Waals surface area contributed by atoms with Gasteiger partial charge in [-0.25, -0.2) is 8.78 Å². The number of nitrogens with one attached hydrogen (secondary N) is 3. The third-order valence-electron chi connectivity index (χ3n) is 15.5. The number of halogens is 5. The van der Waals surface area contributed by atoms with E-state index in [0.29, 0.717) is 40.5 Å². The van der Waals surface area contributed by atoms with Gasteiger partial charge >= 0.3 is 0 Å². The van der Waals surface area contributed by atoms with E-state index in [-0.39, 0.29) is 32.5 Å². The van der Waals surface area contributed by atoms with Crippen molar-refractivity contribution in [3.63, 3.8) is 0 Å². The largest absolute Gasteiger partial charge is 0.385 e. The molecule has 10 nitrogen and oxygen atoms in total. The average Bonchev–Trinajstić information content (AvgIpc) is 3.90. The van der Waals surface area contributed by atoms with Gasteiger partial charge in [0, 0.05) is 59.0 Å². The summed E-state index contributed by atoms with van der Waals surface area (Å²) in [4.78, 5) is 55.9. The maximum absolute atomic E-state index is 13.7. The molecule has 3 N–H and O–H groups in total. The molecule has 3 amide bonds. The van der Waals surface area contributed by atoms with E-state index in [1.807, 2.05) is 17.0 Å². The molecular formula is C60H63Cl3F2N6O4. The number of anilines is 4. The zero-order valence-electron chi connectivity index (χ0n) is 42.7. The molecule has 2 heterocycles. The zero-order chi connectivity index (χ0) is 53.4. The summed E-state index contributed by atoms with van der Waals surface area (Å²) in [6.07, 6.45) is 12.2. The minimum atomic E-state index is -0.587. The van der Waals surface area contributed by atoms with Crippen LogP contribution in [0.1, 0.15) is 104 Å². The second-order valence-corrected chi connectivity index (χ2v) is 21.7. The Morgan fingerprint density at radius 2 is 1.08 bits per heavy atom. The number of para-hydroxylation sites is 2. The molecule has 0 aromatic heterocycles. The van der Waals surface area contributed by atoms with Crippen LogP contribution in [0.3, 0.4) is 0 Å².